The van der Waals surface area contributed by atoms with Gasteiger partial charge in [0.2, 0.25) is 0 Å². The molecular weight excluding hydrogens is 327 g/mol. The molecule has 0 aliphatic carbocycles. The van der Waals surface area contributed by atoms with E-state index in [0.717, 1.165) is 28.8 Å². The highest BCUT2D eigenvalue weighted by Crippen LogP contribution is 2.30. The van der Waals surface area contributed by atoms with Crippen molar-refractivity contribution in [3.63, 3.8) is 0 Å². The van der Waals surface area contributed by atoms with Crippen LogP contribution < -0.4 is 0 Å². The van der Waals surface area contributed by atoms with Crippen molar-refractivity contribution in [2.45, 2.75) is 20.0 Å². The van der Waals surface area contributed by atoms with Crippen LogP contribution >= 0.6 is 0 Å². The van der Waals surface area contributed by atoms with Gasteiger partial charge in [0, 0.05) is 0 Å². The first-order chi connectivity index (χ1) is 11.8. The van der Waals surface area contributed by atoms with Crippen LogP contribution in [0.5, 0.6) is 0 Å². The van der Waals surface area contributed by atoms with Crippen LogP contribution in [0.2, 0.25) is 0 Å². The first-order valence-electron chi connectivity index (χ1n) is 7.54. The van der Waals surface area contributed by atoms with E-state index in [1.54, 1.807) is 0 Å². The van der Waals surface area contributed by atoms with Gasteiger partial charge in [0.05, 0.1) is 22.2 Å². The van der Waals surface area contributed by atoms with Crippen LogP contribution in [0.25, 0.3) is 22.7 Å². The maximum absolute atomic E-state index is 12.8. The van der Waals surface area contributed by atoms with Crippen LogP contribution in [0, 0.1) is 25.2 Å². The molecule has 0 aliphatic rings. The molecule has 0 fully saturated rings. The van der Waals surface area contributed by atoms with Gasteiger partial charge in [-0.2, -0.15) is 18.4 Å². The smallest absolute Gasteiger partial charge is 0.337 e. The van der Waals surface area contributed by atoms with Gasteiger partial charge in [-0.3, -0.25) is 0 Å². The summed E-state index contributed by atoms with van der Waals surface area (Å²) in [6, 6.07) is 10.7. The van der Waals surface area contributed by atoms with Crippen molar-refractivity contribution in [3.8, 4) is 6.07 Å². The van der Waals surface area contributed by atoms with Crippen molar-refractivity contribution < 1.29 is 13.2 Å². The van der Waals surface area contributed by atoms with Crippen LogP contribution in [-0.2, 0) is 6.18 Å². The zero-order valence-electron chi connectivity index (χ0n) is 13.6. The summed E-state index contributed by atoms with van der Waals surface area (Å²) >= 11 is 0. The Bertz CT molecular complexity index is 982. The van der Waals surface area contributed by atoms with Crippen molar-refractivity contribution in [2.75, 3.05) is 0 Å². The Kier molecular flexibility index (Phi) is 4.09. The summed E-state index contributed by atoms with van der Waals surface area (Å²) in [6.07, 6.45) is -3.03. The lowest BCUT2D eigenvalue weighted by Gasteiger charge is -2.06. The van der Waals surface area contributed by atoms with E-state index in [1.807, 2.05) is 32.0 Å². The first-order valence-corrected chi connectivity index (χ1v) is 7.54. The maximum atomic E-state index is 12.8. The van der Waals surface area contributed by atoms with Gasteiger partial charge in [-0.05, 0) is 60.9 Å². The van der Waals surface area contributed by atoms with E-state index in [0.29, 0.717) is 16.9 Å². The summed E-state index contributed by atoms with van der Waals surface area (Å²) in [4.78, 5) is 7.44. The molecule has 0 amide bonds. The Hall–Kier alpha value is -3.07. The quantitative estimate of drug-likeness (QED) is 0.646. The second-order valence-electron chi connectivity index (χ2n) is 5.83. The minimum atomic E-state index is -4.43. The molecule has 126 valence electrons. The number of hydrogen-bond donors (Lipinski definition) is 1. The molecule has 1 aromatic heterocycles. The fraction of sp³-hybridized carbons (Fsp3) is 0.158. The lowest BCUT2D eigenvalue weighted by Crippen LogP contribution is -2.04. The van der Waals surface area contributed by atoms with E-state index in [4.69, 9.17) is 0 Å². The molecule has 1 N–H and O–H groups in total. The molecule has 0 atom stereocenters. The predicted octanol–water partition coefficient (Wildman–Crippen LogP) is 5.26. The minimum absolute atomic E-state index is 0.172. The molecular formula is C19H14F3N3. The number of nitrogens with zero attached hydrogens (tertiary/aromatic N) is 2. The van der Waals surface area contributed by atoms with Crippen molar-refractivity contribution in [1.82, 2.24) is 9.97 Å². The molecule has 2 aromatic carbocycles. The Morgan fingerprint density at radius 3 is 2.56 bits per heavy atom. The van der Waals surface area contributed by atoms with Crippen molar-refractivity contribution in [1.29, 1.82) is 5.26 Å². The lowest BCUT2D eigenvalue weighted by molar-refractivity contribution is -0.137. The summed E-state index contributed by atoms with van der Waals surface area (Å²) in [5, 5.41) is 9.40. The number of imidazole rings is 1. The largest absolute Gasteiger partial charge is 0.416 e. The third-order valence-corrected chi connectivity index (χ3v) is 4.00. The zero-order chi connectivity index (χ0) is 18.2. The average molecular weight is 341 g/mol. The number of nitriles is 1. The van der Waals surface area contributed by atoms with E-state index < -0.39 is 11.7 Å². The highest BCUT2D eigenvalue weighted by molar-refractivity contribution is 5.90. The number of aryl methyl sites for hydroxylation is 2. The molecule has 3 rings (SSSR count). The van der Waals surface area contributed by atoms with Gasteiger partial charge >= 0.3 is 6.18 Å². The summed E-state index contributed by atoms with van der Waals surface area (Å²) in [6.45, 7) is 3.94. The second kappa shape index (κ2) is 6.10. The summed E-state index contributed by atoms with van der Waals surface area (Å²) in [7, 11) is 0. The molecule has 25 heavy (non-hydrogen) atoms. The number of nitrogens with one attached hydrogen (secondary N) is 1. The Morgan fingerprint density at radius 1 is 1.16 bits per heavy atom. The van der Waals surface area contributed by atoms with Gasteiger partial charge in [0.15, 0.2) is 0 Å². The molecule has 3 nitrogen and oxygen atoms in total. The van der Waals surface area contributed by atoms with Crippen molar-refractivity contribution >= 4 is 22.7 Å². The number of fused-ring (bicyclic) bond motifs is 1. The molecule has 0 bridgehead atoms. The van der Waals surface area contributed by atoms with Gasteiger partial charge in [-0.15, -0.1) is 0 Å². The molecule has 0 saturated heterocycles. The maximum Gasteiger partial charge on any atom is 0.416 e. The van der Waals surface area contributed by atoms with E-state index in [2.05, 4.69) is 9.97 Å². The molecule has 1 heterocycles. The lowest BCUT2D eigenvalue weighted by atomic mass is 10.1. The van der Waals surface area contributed by atoms with Gasteiger partial charge in [0.25, 0.3) is 0 Å². The van der Waals surface area contributed by atoms with Crippen LogP contribution in [0.3, 0.4) is 0 Å². The highest BCUT2D eigenvalue weighted by Gasteiger charge is 2.30. The van der Waals surface area contributed by atoms with Gasteiger partial charge in [-0.25, -0.2) is 4.98 Å². The monoisotopic (exact) mass is 341 g/mol. The van der Waals surface area contributed by atoms with Crippen molar-refractivity contribution in [2.24, 2.45) is 0 Å². The molecule has 0 unspecified atom stereocenters. The van der Waals surface area contributed by atoms with Crippen LogP contribution in [0.4, 0.5) is 13.2 Å². The van der Waals surface area contributed by atoms with E-state index >= 15 is 0 Å². The second-order valence-corrected chi connectivity index (χ2v) is 5.83. The topological polar surface area (TPSA) is 52.5 Å². The SMILES string of the molecule is Cc1cc2nc(C(C#N)=Cc3cccc(C(F)(F)F)c3)[nH]c2cc1C. The van der Waals surface area contributed by atoms with E-state index in [9.17, 15) is 18.4 Å². The Labute approximate surface area is 142 Å². The molecule has 3 aromatic rings. The summed E-state index contributed by atoms with van der Waals surface area (Å²) < 4.78 is 38.5. The Morgan fingerprint density at radius 2 is 1.88 bits per heavy atom. The molecule has 6 heteroatoms. The number of alkyl halides is 3. The van der Waals surface area contributed by atoms with Gasteiger partial charge < -0.3 is 4.98 Å². The summed E-state index contributed by atoms with van der Waals surface area (Å²) in [5.74, 6) is 0.333. The fourth-order valence-corrected chi connectivity index (χ4v) is 2.52. The third-order valence-electron chi connectivity index (χ3n) is 4.00. The van der Waals surface area contributed by atoms with Crippen molar-refractivity contribution in [3.05, 3.63) is 64.5 Å². The van der Waals surface area contributed by atoms with Gasteiger partial charge in [0.1, 0.15) is 11.9 Å². The first kappa shape index (κ1) is 16.8. The van der Waals surface area contributed by atoms with Gasteiger partial charge in [-0.1, -0.05) is 12.1 Å². The molecule has 0 radical (unpaired) electrons. The number of aromatic amines is 1. The standard InChI is InChI=1S/C19H14F3N3/c1-11-6-16-17(7-12(11)2)25-18(24-16)14(10-23)8-13-4-3-5-15(9-13)19(20,21)22/h3-9H,1-2H3,(H,24,25). The average Bonchev–Trinajstić information content (AvgIpc) is 2.95. The number of rotatable bonds is 2. The van der Waals surface area contributed by atoms with E-state index in [-0.39, 0.29) is 5.57 Å². The van der Waals surface area contributed by atoms with Crippen LogP contribution in [0.15, 0.2) is 36.4 Å². The fourth-order valence-electron chi connectivity index (χ4n) is 2.52. The number of aromatic nitrogens is 2. The molecule has 0 spiro atoms. The number of allylic oxidation sites excluding steroid dienone is 1. The predicted molar refractivity (Wildman–Crippen MR) is 90.5 cm³/mol. The number of H-pyrrole nitrogens is 1. The van der Waals surface area contributed by atoms with E-state index in [1.165, 1.54) is 18.2 Å². The third kappa shape index (κ3) is 3.41. The number of hydrogen-bond acceptors (Lipinski definition) is 2. The zero-order valence-corrected chi connectivity index (χ0v) is 13.6. The van der Waals surface area contributed by atoms with Crippen LogP contribution in [0.1, 0.15) is 28.1 Å². The highest BCUT2D eigenvalue weighted by atomic mass is 19.4. The summed E-state index contributed by atoms with van der Waals surface area (Å²) in [5.41, 5.74) is 3.36. The minimum Gasteiger partial charge on any atom is -0.337 e. The normalized spacial score (nSPS) is 12.4. The number of benzene rings is 2. The molecule has 0 aliphatic heterocycles. The Balaban J connectivity index is 2.06. The number of halogens is 3. The molecule has 0 saturated carbocycles. The van der Waals surface area contributed by atoms with Crippen LogP contribution in [-0.4, -0.2) is 9.97 Å².